The molecular weight excluding hydrogens is 242 g/mol. The van der Waals surface area contributed by atoms with Crippen LogP contribution in [0.25, 0.3) is 0 Å². The third-order valence-electron chi connectivity index (χ3n) is 3.81. The van der Waals surface area contributed by atoms with Crippen molar-refractivity contribution in [2.45, 2.75) is 45.2 Å². The molecule has 5 heteroatoms. The van der Waals surface area contributed by atoms with Gasteiger partial charge in [-0.2, -0.15) is 0 Å². The first kappa shape index (κ1) is 16.4. The van der Waals surface area contributed by atoms with E-state index in [-0.39, 0.29) is 5.97 Å². The Morgan fingerprint density at radius 2 is 2.16 bits per heavy atom. The summed E-state index contributed by atoms with van der Waals surface area (Å²) in [4.78, 5) is 16.4. The quantitative estimate of drug-likeness (QED) is 0.720. The molecule has 0 amide bonds. The summed E-state index contributed by atoms with van der Waals surface area (Å²) in [6.07, 6.45) is 3.00. The molecule has 1 heterocycles. The normalized spacial score (nSPS) is 23.9. The zero-order chi connectivity index (χ0) is 14.3. The Balaban J connectivity index is 2.43. The van der Waals surface area contributed by atoms with Gasteiger partial charge >= 0.3 is 5.97 Å². The number of esters is 1. The summed E-state index contributed by atoms with van der Waals surface area (Å²) >= 11 is 0. The highest BCUT2D eigenvalue weighted by Crippen LogP contribution is 2.12. The molecule has 0 aromatic rings. The molecule has 1 rings (SSSR count). The average Bonchev–Trinajstić information content (AvgIpc) is 2.57. The van der Waals surface area contributed by atoms with Gasteiger partial charge < -0.3 is 15.4 Å². The smallest absolute Gasteiger partial charge is 0.322 e. The lowest BCUT2D eigenvalue weighted by Crippen LogP contribution is -2.43. The number of hydrogen-bond acceptors (Lipinski definition) is 5. The predicted octanol–water partition coefficient (Wildman–Crippen LogP) is 0.683. The minimum absolute atomic E-state index is 0.275. The van der Waals surface area contributed by atoms with Crippen LogP contribution < -0.4 is 5.73 Å². The number of rotatable bonds is 6. The van der Waals surface area contributed by atoms with E-state index in [1.807, 2.05) is 6.92 Å². The number of hydrogen-bond donors (Lipinski definition) is 1. The van der Waals surface area contributed by atoms with E-state index in [0.717, 1.165) is 32.6 Å². The van der Waals surface area contributed by atoms with Gasteiger partial charge in [-0.15, -0.1) is 0 Å². The van der Waals surface area contributed by atoms with Crippen molar-refractivity contribution < 1.29 is 9.53 Å². The van der Waals surface area contributed by atoms with E-state index in [4.69, 9.17) is 10.5 Å². The SMILES string of the molecule is CCOC(=O)C(N)CCN1CCCN(C)CC1CC. The number of ether oxygens (including phenoxy) is 1. The molecule has 0 aromatic carbocycles. The van der Waals surface area contributed by atoms with Crippen molar-refractivity contribution in [3.63, 3.8) is 0 Å². The minimum Gasteiger partial charge on any atom is -0.465 e. The zero-order valence-electron chi connectivity index (χ0n) is 12.6. The first-order chi connectivity index (χ1) is 9.08. The van der Waals surface area contributed by atoms with Crippen LogP contribution >= 0.6 is 0 Å². The van der Waals surface area contributed by atoms with Crippen molar-refractivity contribution in [3.8, 4) is 0 Å². The number of nitrogens with two attached hydrogens (primary N) is 1. The molecule has 1 saturated heterocycles. The first-order valence-electron chi connectivity index (χ1n) is 7.43. The first-order valence-corrected chi connectivity index (χ1v) is 7.43. The van der Waals surface area contributed by atoms with Gasteiger partial charge in [-0.3, -0.25) is 9.69 Å². The fourth-order valence-electron chi connectivity index (χ4n) is 2.65. The molecule has 1 aliphatic heterocycles. The van der Waals surface area contributed by atoms with E-state index in [9.17, 15) is 4.79 Å². The third-order valence-corrected chi connectivity index (χ3v) is 3.81. The van der Waals surface area contributed by atoms with Crippen LogP contribution in [0.3, 0.4) is 0 Å². The van der Waals surface area contributed by atoms with Gasteiger partial charge in [-0.25, -0.2) is 0 Å². The number of carbonyl (C=O) groups is 1. The largest absolute Gasteiger partial charge is 0.465 e. The highest BCUT2D eigenvalue weighted by atomic mass is 16.5. The van der Waals surface area contributed by atoms with Crippen molar-refractivity contribution >= 4 is 5.97 Å². The van der Waals surface area contributed by atoms with Gasteiger partial charge in [0.1, 0.15) is 6.04 Å². The van der Waals surface area contributed by atoms with Crippen LogP contribution in [0, 0.1) is 0 Å². The van der Waals surface area contributed by atoms with Crippen LogP contribution in [0.5, 0.6) is 0 Å². The molecule has 112 valence electrons. The maximum Gasteiger partial charge on any atom is 0.322 e. The summed E-state index contributed by atoms with van der Waals surface area (Å²) < 4.78 is 4.95. The van der Waals surface area contributed by atoms with Crippen LogP contribution in [-0.4, -0.2) is 67.7 Å². The Bertz CT molecular complexity index is 273. The Morgan fingerprint density at radius 1 is 1.42 bits per heavy atom. The summed E-state index contributed by atoms with van der Waals surface area (Å²) in [5.74, 6) is -0.275. The van der Waals surface area contributed by atoms with Crippen LogP contribution in [-0.2, 0) is 9.53 Å². The third kappa shape index (κ3) is 5.47. The fraction of sp³-hybridized carbons (Fsp3) is 0.929. The van der Waals surface area contributed by atoms with E-state index >= 15 is 0 Å². The number of carbonyl (C=O) groups excluding carboxylic acids is 1. The van der Waals surface area contributed by atoms with Crippen molar-refractivity contribution in [3.05, 3.63) is 0 Å². The Morgan fingerprint density at radius 3 is 2.79 bits per heavy atom. The van der Waals surface area contributed by atoms with Gasteiger partial charge in [0.25, 0.3) is 0 Å². The molecule has 0 saturated carbocycles. The van der Waals surface area contributed by atoms with E-state index in [2.05, 4.69) is 23.8 Å². The molecule has 5 nitrogen and oxygen atoms in total. The lowest BCUT2D eigenvalue weighted by Gasteiger charge is -2.30. The summed E-state index contributed by atoms with van der Waals surface area (Å²) in [5.41, 5.74) is 5.86. The summed E-state index contributed by atoms with van der Waals surface area (Å²) in [5, 5.41) is 0. The van der Waals surface area contributed by atoms with Crippen LogP contribution in [0.15, 0.2) is 0 Å². The Kier molecular flexibility index (Phi) is 7.34. The molecule has 0 aliphatic carbocycles. The maximum atomic E-state index is 11.5. The predicted molar refractivity (Wildman–Crippen MR) is 77.0 cm³/mol. The van der Waals surface area contributed by atoms with Gasteiger partial charge in [0.2, 0.25) is 0 Å². The van der Waals surface area contributed by atoms with Gasteiger partial charge in [-0.1, -0.05) is 6.92 Å². The van der Waals surface area contributed by atoms with Crippen molar-refractivity contribution in [2.24, 2.45) is 5.73 Å². The number of likely N-dealkylation sites (N-methyl/N-ethyl adjacent to an activating group) is 1. The lowest BCUT2D eigenvalue weighted by molar-refractivity contribution is -0.144. The molecule has 0 aromatic heterocycles. The summed E-state index contributed by atoms with van der Waals surface area (Å²) in [6, 6.07) is 0.0836. The standard InChI is InChI=1S/C14H29N3O2/c1-4-12-11-16(3)8-6-9-17(12)10-7-13(15)14(18)19-5-2/h12-13H,4-11,15H2,1-3H3. The van der Waals surface area contributed by atoms with Crippen molar-refractivity contribution in [1.82, 2.24) is 9.80 Å². The highest BCUT2D eigenvalue weighted by Gasteiger charge is 2.23. The molecule has 2 N–H and O–H groups in total. The number of nitrogens with zero attached hydrogens (tertiary/aromatic N) is 2. The topological polar surface area (TPSA) is 58.8 Å². The second-order valence-electron chi connectivity index (χ2n) is 5.36. The molecule has 0 spiro atoms. The average molecular weight is 271 g/mol. The molecule has 0 bridgehead atoms. The minimum atomic E-state index is -0.488. The molecule has 1 aliphatic rings. The second kappa shape index (κ2) is 8.51. The van der Waals surface area contributed by atoms with Crippen molar-refractivity contribution in [1.29, 1.82) is 0 Å². The lowest BCUT2D eigenvalue weighted by atomic mass is 10.1. The van der Waals surface area contributed by atoms with E-state index < -0.39 is 6.04 Å². The molecule has 2 atom stereocenters. The molecule has 1 fully saturated rings. The molecule has 19 heavy (non-hydrogen) atoms. The van der Waals surface area contributed by atoms with Crippen LogP contribution in [0.1, 0.15) is 33.1 Å². The molecular formula is C14H29N3O2. The van der Waals surface area contributed by atoms with Gasteiger partial charge in [0, 0.05) is 19.1 Å². The molecule has 0 radical (unpaired) electrons. The van der Waals surface area contributed by atoms with E-state index in [1.165, 1.54) is 6.42 Å². The van der Waals surface area contributed by atoms with Crippen LogP contribution in [0.4, 0.5) is 0 Å². The van der Waals surface area contributed by atoms with Gasteiger partial charge in [0.05, 0.1) is 6.61 Å². The summed E-state index contributed by atoms with van der Waals surface area (Å²) in [7, 11) is 2.18. The van der Waals surface area contributed by atoms with Crippen LogP contribution in [0.2, 0.25) is 0 Å². The maximum absolute atomic E-state index is 11.5. The summed E-state index contributed by atoms with van der Waals surface area (Å²) in [6.45, 7) is 8.66. The van der Waals surface area contributed by atoms with E-state index in [1.54, 1.807) is 0 Å². The Hall–Kier alpha value is -0.650. The highest BCUT2D eigenvalue weighted by molar-refractivity contribution is 5.75. The zero-order valence-corrected chi connectivity index (χ0v) is 12.6. The van der Waals surface area contributed by atoms with E-state index in [0.29, 0.717) is 19.1 Å². The van der Waals surface area contributed by atoms with Gasteiger partial charge in [0.15, 0.2) is 0 Å². The molecule has 2 unspecified atom stereocenters. The Labute approximate surface area is 117 Å². The van der Waals surface area contributed by atoms with Crippen molar-refractivity contribution in [2.75, 3.05) is 39.8 Å². The monoisotopic (exact) mass is 271 g/mol. The van der Waals surface area contributed by atoms with Gasteiger partial charge in [-0.05, 0) is 46.3 Å². The fourth-order valence-corrected chi connectivity index (χ4v) is 2.65. The second-order valence-corrected chi connectivity index (χ2v) is 5.36.